The summed E-state index contributed by atoms with van der Waals surface area (Å²) in [6.07, 6.45) is 3.88. The second-order valence-electron chi connectivity index (χ2n) is 6.01. The number of anilines is 1. The number of ether oxygens (including phenoxy) is 1. The minimum absolute atomic E-state index is 0.144. The van der Waals surface area contributed by atoms with Crippen molar-refractivity contribution in [2.45, 2.75) is 26.7 Å². The molecule has 128 valence electrons. The lowest BCUT2D eigenvalue weighted by molar-refractivity contribution is 0.102. The largest absolute Gasteiger partial charge is 0.494 e. The Morgan fingerprint density at radius 3 is 2.68 bits per heavy atom. The molecule has 0 saturated carbocycles. The number of hydrogen-bond donors (Lipinski definition) is 1. The summed E-state index contributed by atoms with van der Waals surface area (Å²) in [5, 5.41) is 3.92. The predicted molar refractivity (Wildman–Crippen MR) is 101 cm³/mol. The SMILES string of the molecule is CCCCOc1ccc(C(=O)Nc2ccc(C)c3ncccc23)cc1. The maximum absolute atomic E-state index is 12.5. The molecule has 0 aliphatic rings. The van der Waals surface area contributed by atoms with Gasteiger partial charge in [-0.05, 0) is 61.4 Å². The molecule has 0 fully saturated rings. The maximum atomic E-state index is 12.5. The number of aryl methyl sites for hydroxylation is 1. The van der Waals surface area contributed by atoms with Crippen molar-refractivity contribution in [1.29, 1.82) is 0 Å². The molecular formula is C21H22N2O2. The van der Waals surface area contributed by atoms with Gasteiger partial charge < -0.3 is 10.1 Å². The van der Waals surface area contributed by atoms with Gasteiger partial charge in [-0.1, -0.05) is 19.4 Å². The van der Waals surface area contributed by atoms with Gasteiger partial charge in [-0.3, -0.25) is 9.78 Å². The quantitative estimate of drug-likeness (QED) is 0.647. The van der Waals surface area contributed by atoms with Crippen LogP contribution in [-0.4, -0.2) is 17.5 Å². The van der Waals surface area contributed by atoms with Crippen LogP contribution in [0.15, 0.2) is 54.7 Å². The fourth-order valence-electron chi connectivity index (χ4n) is 2.65. The van der Waals surface area contributed by atoms with Crippen LogP contribution in [-0.2, 0) is 0 Å². The average Bonchev–Trinajstić information content (AvgIpc) is 2.65. The highest BCUT2D eigenvalue weighted by Crippen LogP contribution is 2.25. The van der Waals surface area contributed by atoms with E-state index in [1.807, 2.05) is 43.3 Å². The van der Waals surface area contributed by atoms with Crippen LogP contribution in [0.4, 0.5) is 5.69 Å². The van der Waals surface area contributed by atoms with Crippen molar-refractivity contribution in [3.8, 4) is 5.75 Å². The van der Waals surface area contributed by atoms with E-state index in [1.165, 1.54) is 0 Å². The monoisotopic (exact) mass is 334 g/mol. The van der Waals surface area contributed by atoms with Crippen molar-refractivity contribution >= 4 is 22.5 Å². The highest BCUT2D eigenvalue weighted by Gasteiger charge is 2.10. The second kappa shape index (κ2) is 7.79. The molecule has 0 saturated heterocycles. The smallest absolute Gasteiger partial charge is 0.255 e. The molecule has 0 aliphatic carbocycles. The molecular weight excluding hydrogens is 312 g/mol. The van der Waals surface area contributed by atoms with Crippen molar-refractivity contribution < 1.29 is 9.53 Å². The van der Waals surface area contributed by atoms with Gasteiger partial charge in [0.2, 0.25) is 0 Å². The van der Waals surface area contributed by atoms with Crippen molar-refractivity contribution in [2.24, 2.45) is 0 Å². The number of nitrogens with one attached hydrogen (secondary N) is 1. The summed E-state index contributed by atoms with van der Waals surface area (Å²) < 4.78 is 5.63. The molecule has 0 unspecified atom stereocenters. The first kappa shape index (κ1) is 17.0. The summed E-state index contributed by atoms with van der Waals surface area (Å²) in [5.41, 5.74) is 3.35. The molecule has 0 aliphatic heterocycles. The molecule has 4 nitrogen and oxygen atoms in total. The zero-order valence-electron chi connectivity index (χ0n) is 14.6. The molecule has 0 bridgehead atoms. The first-order valence-electron chi connectivity index (χ1n) is 8.57. The van der Waals surface area contributed by atoms with E-state index < -0.39 is 0 Å². The van der Waals surface area contributed by atoms with Crippen molar-refractivity contribution in [1.82, 2.24) is 4.98 Å². The number of rotatable bonds is 6. The molecule has 3 aromatic rings. The predicted octanol–water partition coefficient (Wildman–Crippen LogP) is 4.97. The number of aromatic nitrogens is 1. The highest BCUT2D eigenvalue weighted by molar-refractivity contribution is 6.09. The van der Waals surface area contributed by atoms with Crippen LogP contribution in [0.3, 0.4) is 0 Å². The minimum Gasteiger partial charge on any atom is -0.494 e. The van der Waals surface area contributed by atoms with Crippen LogP contribution in [0.2, 0.25) is 0 Å². The zero-order chi connectivity index (χ0) is 17.6. The number of carbonyl (C=O) groups is 1. The van der Waals surface area contributed by atoms with E-state index in [9.17, 15) is 4.79 Å². The maximum Gasteiger partial charge on any atom is 0.255 e. The molecule has 0 atom stereocenters. The van der Waals surface area contributed by atoms with Crippen LogP contribution in [0.5, 0.6) is 5.75 Å². The van der Waals surface area contributed by atoms with E-state index in [0.29, 0.717) is 12.2 Å². The molecule has 1 N–H and O–H groups in total. The lowest BCUT2D eigenvalue weighted by Gasteiger charge is -2.10. The van der Waals surface area contributed by atoms with Crippen molar-refractivity contribution in [2.75, 3.05) is 11.9 Å². The van der Waals surface area contributed by atoms with E-state index in [4.69, 9.17) is 4.74 Å². The summed E-state index contributed by atoms with van der Waals surface area (Å²) in [6.45, 7) is 4.84. The Hall–Kier alpha value is -2.88. The number of benzene rings is 2. The summed E-state index contributed by atoms with van der Waals surface area (Å²) in [5.74, 6) is 0.643. The third kappa shape index (κ3) is 3.97. The molecule has 0 spiro atoms. The molecule has 1 aromatic heterocycles. The van der Waals surface area contributed by atoms with Crippen LogP contribution >= 0.6 is 0 Å². The topological polar surface area (TPSA) is 51.2 Å². The number of hydrogen-bond acceptors (Lipinski definition) is 3. The Morgan fingerprint density at radius 1 is 1.12 bits per heavy atom. The fraction of sp³-hybridized carbons (Fsp3) is 0.238. The van der Waals surface area contributed by atoms with E-state index in [0.717, 1.165) is 40.7 Å². The summed E-state index contributed by atoms with van der Waals surface area (Å²) in [7, 11) is 0. The average molecular weight is 334 g/mol. The number of nitrogens with zero attached hydrogens (tertiary/aromatic N) is 1. The minimum atomic E-state index is -0.144. The number of unbranched alkanes of at least 4 members (excludes halogenated alkanes) is 1. The Balaban J connectivity index is 1.75. The molecule has 1 heterocycles. The Morgan fingerprint density at radius 2 is 1.92 bits per heavy atom. The van der Waals surface area contributed by atoms with E-state index in [-0.39, 0.29) is 5.91 Å². The Kier molecular flexibility index (Phi) is 5.29. The molecule has 2 aromatic carbocycles. The Bertz CT molecular complexity index is 873. The van der Waals surface area contributed by atoms with Gasteiger partial charge in [-0.25, -0.2) is 0 Å². The van der Waals surface area contributed by atoms with Gasteiger partial charge in [0.15, 0.2) is 0 Å². The second-order valence-corrected chi connectivity index (χ2v) is 6.01. The molecule has 4 heteroatoms. The lowest BCUT2D eigenvalue weighted by atomic mass is 10.1. The summed E-state index contributed by atoms with van der Waals surface area (Å²) in [4.78, 5) is 16.9. The number of amides is 1. The fourth-order valence-corrected chi connectivity index (χ4v) is 2.65. The number of carbonyl (C=O) groups excluding carboxylic acids is 1. The van der Waals surface area contributed by atoms with Crippen LogP contribution < -0.4 is 10.1 Å². The first-order valence-corrected chi connectivity index (χ1v) is 8.57. The molecule has 1 amide bonds. The van der Waals surface area contributed by atoms with Crippen molar-refractivity contribution in [3.05, 3.63) is 65.9 Å². The van der Waals surface area contributed by atoms with E-state index >= 15 is 0 Å². The van der Waals surface area contributed by atoms with Crippen molar-refractivity contribution in [3.63, 3.8) is 0 Å². The summed E-state index contributed by atoms with van der Waals surface area (Å²) >= 11 is 0. The van der Waals surface area contributed by atoms with Gasteiger partial charge in [-0.15, -0.1) is 0 Å². The van der Waals surface area contributed by atoms with Gasteiger partial charge in [0.25, 0.3) is 5.91 Å². The van der Waals surface area contributed by atoms with Crippen LogP contribution in [0.25, 0.3) is 10.9 Å². The first-order chi connectivity index (χ1) is 12.2. The number of fused-ring (bicyclic) bond motifs is 1. The van der Waals surface area contributed by atoms with Crippen LogP contribution in [0, 0.1) is 6.92 Å². The third-order valence-corrected chi connectivity index (χ3v) is 4.10. The number of pyridine rings is 1. The van der Waals surface area contributed by atoms with Gasteiger partial charge in [0.1, 0.15) is 5.75 Å². The third-order valence-electron chi connectivity index (χ3n) is 4.10. The normalized spacial score (nSPS) is 10.6. The summed E-state index contributed by atoms with van der Waals surface area (Å²) in [6, 6.07) is 15.0. The Labute approximate surface area is 147 Å². The molecule has 0 radical (unpaired) electrons. The van der Waals surface area contributed by atoms with Gasteiger partial charge in [0, 0.05) is 17.1 Å². The van der Waals surface area contributed by atoms with Gasteiger partial charge in [-0.2, -0.15) is 0 Å². The van der Waals surface area contributed by atoms with Gasteiger partial charge >= 0.3 is 0 Å². The van der Waals surface area contributed by atoms with Gasteiger partial charge in [0.05, 0.1) is 17.8 Å². The lowest BCUT2D eigenvalue weighted by Crippen LogP contribution is -2.12. The molecule has 3 rings (SSSR count). The van der Waals surface area contributed by atoms with Crippen LogP contribution in [0.1, 0.15) is 35.7 Å². The highest BCUT2D eigenvalue weighted by atomic mass is 16.5. The van der Waals surface area contributed by atoms with E-state index in [1.54, 1.807) is 18.3 Å². The molecule has 25 heavy (non-hydrogen) atoms. The zero-order valence-corrected chi connectivity index (χ0v) is 14.6. The standard InChI is InChI=1S/C21H22N2O2/c1-3-4-14-25-17-10-8-16(9-11-17)21(24)23-19-12-7-15(2)20-18(19)6-5-13-22-20/h5-13H,3-4,14H2,1-2H3,(H,23,24). The van der Waals surface area contributed by atoms with E-state index in [2.05, 4.69) is 17.2 Å².